The predicted molar refractivity (Wildman–Crippen MR) is 89.6 cm³/mol. The lowest BCUT2D eigenvalue weighted by atomic mass is 9.95. The van der Waals surface area contributed by atoms with Gasteiger partial charge in [0.1, 0.15) is 0 Å². The zero-order valence-electron chi connectivity index (χ0n) is 12.1. The third kappa shape index (κ3) is 2.68. The number of fused-ring (bicyclic) bond motifs is 3. The van der Waals surface area contributed by atoms with Gasteiger partial charge < -0.3 is 11.1 Å². The van der Waals surface area contributed by atoms with Crippen LogP contribution in [0, 0.1) is 0 Å². The largest absolute Gasteiger partial charge is 0.368 e. The smallest absolute Gasteiger partial charge is 0.227 e. The second kappa shape index (κ2) is 5.48. The molecule has 7 heteroatoms. The summed E-state index contributed by atoms with van der Waals surface area (Å²) in [6, 6.07) is 7.40. The Kier molecular flexibility index (Phi) is 3.31. The zero-order chi connectivity index (χ0) is 15.8. The Balaban J connectivity index is 1.68. The van der Waals surface area contributed by atoms with Gasteiger partial charge in [0.05, 0.1) is 11.4 Å². The van der Waals surface area contributed by atoms with Crippen LogP contribution in [0.4, 0.5) is 17.6 Å². The van der Waals surface area contributed by atoms with Crippen molar-refractivity contribution >= 4 is 29.2 Å². The lowest BCUT2D eigenvalue weighted by Crippen LogP contribution is -2.12. The maximum absolute atomic E-state index is 5.89. The first-order valence-corrected chi connectivity index (χ1v) is 7.57. The van der Waals surface area contributed by atoms with Gasteiger partial charge in [-0.1, -0.05) is 11.6 Å². The summed E-state index contributed by atoms with van der Waals surface area (Å²) in [5.41, 5.74) is 10.4. The van der Waals surface area contributed by atoms with E-state index in [1.807, 2.05) is 24.3 Å². The number of aromatic nitrogens is 4. The van der Waals surface area contributed by atoms with E-state index in [1.54, 1.807) is 12.4 Å². The molecule has 0 aliphatic heterocycles. The number of anilines is 3. The van der Waals surface area contributed by atoms with Gasteiger partial charge in [-0.25, -0.2) is 19.9 Å². The molecule has 1 aromatic carbocycles. The summed E-state index contributed by atoms with van der Waals surface area (Å²) < 4.78 is 0. The fourth-order valence-corrected chi connectivity index (χ4v) is 2.74. The number of nitrogens with one attached hydrogen (secondary N) is 1. The quantitative estimate of drug-likeness (QED) is 0.753. The molecular weight excluding hydrogens is 312 g/mol. The van der Waals surface area contributed by atoms with Crippen molar-refractivity contribution in [2.45, 2.75) is 12.8 Å². The Morgan fingerprint density at radius 3 is 2.65 bits per heavy atom. The van der Waals surface area contributed by atoms with Crippen LogP contribution in [0.15, 0.2) is 36.7 Å². The highest BCUT2D eigenvalue weighted by atomic mass is 35.5. The van der Waals surface area contributed by atoms with Crippen LogP contribution < -0.4 is 11.1 Å². The molecule has 0 spiro atoms. The van der Waals surface area contributed by atoms with E-state index in [1.165, 1.54) is 0 Å². The van der Waals surface area contributed by atoms with E-state index in [4.69, 9.17) is 17.3 Å². The average molecular weight is 325 g/mol. The van der Waals surface area contributed by atoms with E-state index < -0.39 is 0 Å². The Labute approximate surface area is 137 Å². The summed E-state index contributed by atoms with van der Waals surface area (Å²) in [6.07, 6.45) is 5.24. The topological polar surface area (TPSA) is 89.6 Å². The minimum absolute atomic E-state index is 0.264. The minimum Gasteiger partial charge on any atom is -0.368 e. The SMILES string of the molecule is Nc1ncc2c(n1)-c1cnc(Nc3ccc(Cl)cc3)nc1CC2. The molecule has 6 nitrogen and oxygen atoms in total. The molecule has 3 N–H and O–H groups in total. The lowest BCUT2D eigenvalue weighted by molar-refractivity contribution is 0.867. The highest BCUT2D eigenvalue weighted by Gasteiger charge is 2.20. The van der Waals surface area contributed by atoms with Crippen molar-refractivity contribution in [1.82, 2.24) is 19.9 Å². The summed E-state index contributed by atoms with van der Waals surface area (Å²) in [6.45, 7) is 0. The molecule has 4 rings (SSSR count). The van der Waals surface area contributed by atoms with Gasteiger partial charge in [0.25, 0.3) is 0 Å². The van der Waals surface area contributed by atoms with E-state index in [9.17, 15) is 0 Å². The molecule has 0 unspecified atom stereocenters. The Hall–Kier alpha value is -2.73. The van der Waals surface area contributed by atoms with Gasteiger partial charge in [-0.3, -0.25) is 0 Å². The van der Waals surface area contributed by atoms with Crippen molar-refractivity contribution in [1.29, 1.82) is 0 Å². The summed E-state index contributed by atoms with van der Waals surface area (Å²) in [5, 5.41) is 3.87. The molecule has 0 saturated carbocycles. The Morgan fingerprint density at radius 2 is 1.83 bits per heavy atom. The highest BCUT2D eigenvalue weighted by molar-refractivity contribution is 6.30. The molecule has 0 atom stereocenters. The monoisotopic (exact) mass is 324 g/mol. The third-order valence-electron chi connectivity index (χ3n) is 3.74. The van der Waals surface area contributed by atoms with Crippen molar-refractivity contribution < 1.29 is 0 Å². The molecule has 0 fully saturated rings. The van der Waals surface area contributed by atoms with Gasteiger partial charge >= 0.3 is 0 Å². The van der Waals surface area contributed by atoms with Gasteiger partial charge in [0.15, 0.2) is 0 Å². The van der Waals surface area contributed by atoms with Gasteiger partial charge in [0, 0.05) is 28.7 Å². The summed E-state index contributed by atoms with van der Waals surface area (Å²) in [5.74, 6) is 0.816. The Morgan fingerprint density at radius 1 is 1.00 bits per heavy atom. The van der Waals surface area contributed by atoms with Crippen molar-refractivity contribution in [2.24, 2.45) is 0 Å². The third-order valence-corrected chi connectivity index (χ3v) is 3.99. The van der Waals surface area contributed by atoms with E-state index in [0.29, 0.717) is 11.0 Å². The van der Waals surface area contributed by atoms with Crippen molar-refractivity contribution in [3.8, 4) is 11.3 Å². The van der Waals surface area contributed by atoms with E-state index in [-0.39, 0.29) is 5.95 Å². The van der Waals surface area contributed by atoms with E-state index >= 15 is 0 Å². The summed E-state index contributed by atoms with van der Waals surface area (Å²) >= 11 is 5.89. The number of aryl methyl sites for hydroxylation is 2. The van der Waals surface area contributed by atoms with Gasteiger partial charge in [0.2, 0.25) is 11.9 Å². The second-order valence-electron chi connectivity index (χ2n) is 5.29. The van der Waals surface area contributed by atoms with Crippen LogP contribution in [0.25, 0.3) is 11.3 Å². The predicted octanol–water partition coefficient (Wildman–Crippen LogP) is 3.01. The van der Waals surface area contributed by atoms with Crippen LogP contribution in [0.1, 0.15) is 11.3 Å². The first kappa shape index (κ1) is 13.9. The number of rotatable bonds is 2. The molecule has 23 heavy (non-hydrogen) atoms. The van der Waals surface area contributed by atoms with Crippen LogP contribution in [0.2, 0.25) is 5.02 Å². The number of halogens is 1. The van der Waals surface area contributed by atoms with Crippen LogP contribution in [-0.4, -0.2) is 19.9 Å². The van der Waals surface area contributed by atoms with Crippen LogP contribution in [-0.2, 0) is 12.8 Å². The van der Waals surface area contributed by atoms with Gasteiger partial charge in [-0.15, -0.1) is 0 Å². The van der Waals surface area contributed by atoms with Crippen molar-refractivity contribution in [2.75, 3.05) is 11.1 Å². The molecular formula is C16H13ClN6. The molecule has 2 aromatic heterocycles. The summed E-state index contributed by atoms with van der Waals surface area (Å²) in [7, 11) is 0. The first-order chi connectivity index (χ1) is 11.2. The molecule has 0 radical (unpaired) electrons. The molecule has 0 saturated heterocycles. The standard InChI is InChI=1S/C16H13ClN6/c17-10-2-4-11(5-3-10)21-16-20-8-12-13(22-16)6-1-9-7-19-15(18)23-14(9)12/h2-5,7-8H,1,6H2,(H2,18,19,23)(H,20,21,22). The lowest BCUT2D eigenvalue weighted by Gasteiger charge is -2.18. The molecule has 0 bridgehead atoms. The van der Waals surface area contributed by atoms with E-state index in [0.717, 1.165) is 41.0 Å². The number of nitrogens with zero attached hydrogens (tertiary/aromatic N) is 4. The fourth-order valence-electron chi connectivity index (χ4n) is 2.62. The van der Waals surface area contributed by atoms with Crippen molar-refractivity contribution in [3.05, 3.63) is 52.9 Å². The number of nitrogen functional groups attached to an aromatic ring is 1. The number of nitrogens with two attached hydrogens (primary N) is 1. The number of hydrogen-bond donors (Lipinski definition) is 2. The molecule has 114 valence electrons. The molecule has 1 aliphatic rings. The van der Waals surface area contributed by atoms with Crippen LogP contribution >= 0.6 is 11.6 Å². The van der Waals surface area contributed by atoms with Crippen molar-refractivity contribution in [3.63, 3.8) is 0 Å². The molecule has 3 aromatic rings. The number of benzene rings is 1. The molecule has 2 heterocycles. The molecule has 0 amide bonds. The molecule has 1 aliphatic carbocycles. The maximum Gasteiger partial charge on any atom is 0.227 e. The normalized spacial score (nSPS) is 12.4. The zero-order valence-corrected chi connectivity index (χ0v) is 12.9. The minimum atomic E-state index is 0.264. The van der Waals surface area contributed by atoms with E-state index in [2.05, 4.69) is 25.3 Å². The first-order valence-electron chi connectivity index (χ1n) is 7.19. The van der Waals surface area contributed by atoms with Crippen LogP contribution in [0.5, 0.6) is 0 Å². The summed E-state index contributed by atoms with van der Waals surface area (Å²) in [4.78, 5) is 17.4. The van der Waals surface area contributed by atoms with Gasteiger partial charge in [-0.05, 0) is 42.7 Å². The second-order valence-corrected chi connectivity index (χ2v) is 5.72. The van der Waals surface area contributed by atoms with Gasteiger partial charge in [-0.2, -0.15) is 0 Å². The average Bonchev–Trinajstić information content (AvgIpc) is 2.56. The fraction of sp³-hybridized carbons (Fsp3) is 0.125. The van der Waals surface area contributed by atoms with Crippen LogP contribution in [0.3, 0.4) is 0 Å². The number of hydrogen-bond acceptors (Lipinski definition) is 6. The Bertz CT molecular complexity index is 878. The highest BCUT2D eigenvalue weighted by Crippen LogP contribution is 2.31. The maximum atomic E-state index is 5.89.